The van der Waals surface area contributed by atoms with Crippen LogP contribution in [0.5, 0.6) is 0 Å². The van der Waals surface area contributed by atoms with E-state index >= 15 is 0 Å². The van der Waals surface area contributed by atoms with Crippen molar-refractivity contribution in [1.29, 1.82) is 0 Å². The highest BCUT2D eigenvalue weighted by Gasteiger charge is 2.05. The summed E-state index contributed by atoms with van der Waals surface area (Å²) >= 11 is 0. The molecule has 1 aromatic rings. The van der Waals surface area contributed by atoms with E-state index < -0.39 is 11.6 Å². The average Bonchev–Trinajstić information content (AvgIpc) is 2.27. The van der Waals surface area contributed by atoms with Gasteiger partial charge in [0.2, 0.25) is 0 Å². The first-order chi connectivity index (χ1) is 8.28. The molecule has 1 aromatic carbocycles. The minimum atomic E-state index is -1.02. The molecule has 0 fully saturated rings. The zero-order chi connectivity index (χ0) is 13.8. The van der Waals surface area contributed by atoms with E-state index in [9.17, 15) is 9.90 Å². The van der Waals surface area contributed by atoms with Gasteiger partial charge in [0.15, 0.2) is 0 Å². The van der Waals surface area contributed by atoms with Crippen LogP contribution in [0.3, 0.4) is 0 Å². The number of rotatable bonds is 2. The predicted molar refractivity (Wildman–Crippen MR) is 70.9 cm³/mol. The van der Waals surface area contributed by atoms with Gasteiger partial charge in [0.05, 0.1) is 0 Å². The molecular weight excluding hydrogens is 228 g/mol. The molecule has 3 nitrogen and oxygen atoms in total. The Balaban J connectivity index is 2.90. The summed E-state index contributed by atoms with van der Waals surface area (Å²) in [5.74, 6) is 4.63. The molecule has 0 unspecified atom stereocenters. The monoisotopic (exact) mass is 244 g/mol. The van der Waals surface area contributed by atoms with E-state index in [0.29, 0.717) is 0 Å². The lowest BCUT2D eigenvalue weighted by atomic mass is 10.1. The molecule has 0 aromatic heterocycles. The van der Waals surface area contributed by atoms with Gasteiger partial charge < -0.3 is 10.2 Å². The molecule has 0 saturated carbocycles. The van der Waals surface area contributed by atoms with Crippen LogP contribution in [-0.2, 0) is 4.79 Å². The van der Waals surface area contributed by atoms with Gasteiger partial charge in [-0.05, 0) is 44.5 Å². The number of aliphatic carboxylic acids is 1. The number of carboxylic acid groups (broad SMARTS) is 1. The molecule has 18 heavy (non-hydrogen) atoms. The Morgan fingerprint density at radius 1 is 1.28 bits per heavy atom. The van der Waals surface area contributed by atoms with E-state index in [-0.39, 0.29) is 5.57 Å². The lowest BCUT2D eigenvalue weighted by Crippen LogP contribution is -2.14. The quantitative estimate of drug-likeness (QED) is 0.620. The maximum Gasteiger partial charge on any atom is 0.331 e. The molecular formula is C15H16O3. The van der Waals surface area contributed by atoms with Crippen molar-refractivity contribution < 1.29 is 15.0 Å². The normalized spacial score (nSPS) is 11.7. The largest absolute Gasteiger partial charge is 0.478 e. The van der Waals surface area contributed by atoms with Gasteiger partial charge in [-0.15, -0.1) is 0 Å². The van der Waals surface area contributed by atoms with Gasteiger partial charge >= 0.3 is 5.97 Å². The Kier molecular flexibility index (Phi) is 4.30. The maximum absolute atomic E-state index is 10.7. The van der Waals surface area contributed by atoms with Crippen molar-refractivity contribution in [2.45, 2.75) is 26.4 Å². The Bertz CT molecular complexity index is 520. The van der Waals surface area contributed by atoms with E-state index in [1.165, 1.54) is 0 Å². The lowest BCUT2D eigenvalue weighted by molar-refractivity contribution is -0.132. The Labute approximate surface area is 107 Å². The number of hydrogen-bond donors (Lipinski definition) is 2. The van der Waals surface area contributed by atoms with Crippen molar-refractivity contribution >= 4 is 12.0 Å². The van der Waals surface area contributed by atoms with Gasteiger partial charge in [0.1, 0.15) is 5.60 Å². The van der Waals surface area contributed by atoms with Gasteiger partial charge in [-0.1, -0.05) is 24.0 Å². The third-order valence-electron chi connectivity index (χ3n) is 2.14. The maximum atomic E-state index is 10.7. The SMILES string of the molecule is C/C(=C\c1ccc(C#CC(C)(C)O)cc1)C(=O)O. The van der Waals surface area contributed by atoms with Crippen LogP contribution >= 0.6 is 0 Å². The summed E-state index contributed by atoms with van der Waals surface area (Å²) in [4.78, 5) is 10.7. The molecule has 0 bridgehead atoms. The van der Waals surface area contributed by atoms with Crippen molar-refractivity contribution in [3.8, 4) is 11.8 Å². The number of hydrogen-bond acceptors (Lipinski definition) is 2. The highest BCUT2D eigenvalue weighted by atomic mass is 16.4. The summed E-state index contributed by atoms with van der Waals surface area (Å²) in [5.41, 5.74) is 0.856. The average molecular weight is 244 g/mol. The minimum Gasteiger partial charge on any atom is -0.478 e. The van der Waals surface area contributed by atoms with E-state index in [2.05, 4.69) is 11.8 Å². The van der Waals surface area contributed by atoms with Gasteiger partial charge in [0, 0.05) is 11.1 Å². The van der Waals surface area contributed by atoms with Gasteiger partial charge in [0.25, 0.3) is 0 Å². The number of aliphatic hydroxyl groups is 1. The molecule has 0 spiro atoms. The van der Waals surface area contributed by atoms with Crippen molar-refractivity contribution in [3.63, 3.8) is 0 Å². The first-order valence-electron chi connectivity index (χ1n) is 5.55. The van der Waals surface area contributed by atoms with Crippen LogP contribution in [0, 0.1) is 11.8 Å². The molecule has 94 valence electrons. The lowest BCUT2D eigenvalue weighted by Gasteiger charge is -2.05. The number of carbonyl (C=O) groups is 1. The second kappa shape index (κ2) is 5.52. The van der Waals surface area contributed by atoms with Gasteiger partial charge in [-0.25, -0.2) is 4.79 Å². The molecule has 0 radical (unpaired) electrons. The van der Waals surface area contributed by atoms with Crippen molar-refractivity contribution in [2.75, 3.05) is 0 Å². The molecule has 0 amide bonds. The van der Waals surface area contributed by atoms with E-state index in [1.54, 1.807) is 51.1 Å². The fourth-order valence-corrected chi connectivity index (χ4v) is 1.20. The van der Waals surface area contributed by atoms with Gasteiger partial charge in [-0.3, -0.25) is 0 Å². The van der Waals surface area contributed by atoms with Crippen molar-refractivity contribution in [2.24, 2.45) is 0 Å². The van der Waals surface area contributed by atoms with Crippen LogP contribution in [0.25, 0.3) is 6.08 Å². The topological polar surface area (TPSA) is 57.5 Å². The highest BCUT2D eigenvalue weighted by Crippen LogP contribution is 2.09. The summed E-state index contributed by atoms with van der Waals surface area (Å²) in [7, 11) is 0. The molecule has 0 saturated heterocycles. The Morgan fingerprint density at radius 3 is 2.28 bits per heavy atom. The Hall–Kier alpha value is -2.05. The summed E-state index contributed by atoms with van der Waals surface area (Å²) in [6.07, 6.45) is 1.59. The van der Waals surface area contributed by atoms with E-state index in [4.69, 9.17) is 5.11 Å². The molecule has 3 heteroatoms. The fourth-order valence-electron chi connectivity index (χ4n) is 1.20. The van der Waals surface area contributed by atoms with Crippen molar-refractivity contribution in [1.82, 2.24) is 0 Å². The second-order valence-electron chi connectivity index (χ2n) is 4.56. The molecule has 2 N–H and O–H groups in total. The van der Waals surface area contributed by atoms with Crippen LogP contribution in [0.2, 0.25) is 0 Å². The summed E-state index contributed by atoms with van der Waals surface area (Å²) in [6.45, 7) is 4.78. The third kappa shape index (κ3) is 4.86. The molecule has 0 atom stereocenters. The molecule has 0 heterocycles. The third-order valence-corrected chi connectivity index (χ3v) is 2.14. The second-order valence-corrected chi connectivity index (χ2v) is 4.56. The molecule has 0 aliphatic heterocycles. The van der Waals surface area contributed by atoms with Crippen LogP contribution in [0.4, 0.5) is 0 Å². The van der Waals surface area contributed by atoms with Crippen LogP contribution in [-0.4, -0.2) is 21.8 Å². The van der Waals surface area contributed by atoms with Crippen LogP contribution < -0.4 is 0 Å². The molecule has 0 aliphatic rings. The zero-order valence-electron chi connectivity index (χ0n) is 10.7. The summed E-state index contributed by atoms with van der Waals surface area (Å²) < 4.78 is 0. The number of benzene rings is 1. The fraction of sp³-hybridized carbons (Fsp3) is 0.267. The first kappa shape index (κ1) is 14.0. The zero-order valence-corrected chi connectivity index (χ0v) is 10.7. The van der Waals surface area contributed by atoms with E-state index in [0.717, 1.165) is 11.1 Å². The molecule has 1 rings (SSSR count). The highest BCUT2D eigenvalue weighted by molar-refractivity contribution is 5.91. The van der Waals surface area contributed by atoms with E-state index in [1.807, 2.05) is 0 Å². The van der Waals surface area contributed by atoms with Crippen molar-refractivity contribution in [3.05, 3.63) is 41.0 Å². The Morgan fingerprint density at radius 2 is 1.83 bits per heavy atom. The van der Waals surface area contributed by atoms with Crippen LogP contribution in [0.15, 0.2) is 29.8 Å². The minimum absolute atomic E-state index is 0.283. The standard InChI is InChI=1S/C15H16O3/c1-11(14(16)17)10-13-6-4-12(5-7-13)8-9-15(2,3)18/h4-7,10,18H,1-3H3,(H,16,17)/b11-10+. The van der Waals surface area contributed by atoms with Gasteiger partial charge in [-0.2, -0.15) is 0 Å². The molecule has 0 aliphatic carbocycles. The summed E-state index contributed by atoms with van der Waals surface area (Å²) in [5, 5.41) is 18.2. The smallest absolute Gasteiger partial charge is 0.331 e. The first-order valence-corrected chi connectivity index (χ1v) is 5.55. The number of carboxylic acids is 1. The summed E-state index contributed by atoms with van der Waals surface area (Å²) in [6, 6.07) is 7.17. The predicted octanol–water partition coefficient (Wildman–Crippen LogP) is 2.30. The van der Waals surface area contributed by atoms with Crippen LogP contribution in [0.1, 0.15) is 31.9 Å².